The van der Waals surface area contributed by atoms with Gasteiger partial charge in [-0.1, -0.05) is 6.07 Å². The molecule has 20 heavy (non-hydrogen) atoms. The number of carboxylic acid groups (broad SMARTS) is 1. The first-order valence-electron chi connectivity index (χ1n) is 5.83. The molecule has 0 radical (unpaired) electrons. The number of carbonyl (C=O) groups is 1. The summed E-state index contributed by atoms with van der Waals surface area (Å²) in [5, 5.41) is 10.6. The summed E-state index contributed by atoms with van der Waals surface area (Å²) in [6.07, 6.45) is 2.60. The molecule has 0 amide bonds. The minimum Gasteiger partial charge on any atom is -0.497 e. The highest BCUT2D eigenvalue weighted by Gasteiger charge is 2.13. The Morgan fingerprint density at radius 1 is 1.35 bits per heavy atom. The topological polar surface area (TPSA) is 80.9 Å². The highest BCUT2D eigenvalue weighted by atomic mass is 16.5. The molecule has 0 spiro atoms. The van der Waals surface area contributed by atoms with Gasteiger partial charge in [-0.05, 0) is 23.6 Å². The third kappa shape index (κ3) is 1.70. The number of aromatic carboxylic acids is 1. The Hall–Kier alpha value is -2.89. The Bertz CT molecular complexity index is 899. The van der Waals surface area contributed by atoms with Crippen LogP contribution in [-0.4, -0.2) is 27.6 Å². The number of benzene rings is 1. The SMILES string of the molecule is COc1ccc2ccn3c(=O)c(C(=O)O)cnc3c2c1. The van der Waals surface area contributed by atoms with Gasteiger partial charge in [0.15, 0.2) is 0 Å². The molecule has 3 rings (SSSR count). The highest BCUT2D eigenvalue weighted by Crippen LogP contribution is 2.23. The number of rotatable bonds is 2. The second-order valence-electron chi connectivity index (χ2n) is 4.24. The maximum atomic E-state index is 12.1. The van der Waals surface area contributed by atoms with Crippen molar-refractivity contribution in [3.8, 4) is 5.75 Å². The average Bonchev–Trinajstić information content (AvgIpc) is 2.46. The summed E-state index contributed by atoms with van der Waals surface area (Å²) in [6.45, 7) is 0. The van der Waals surface area contributed by atoms with E-state index in [0.717, 1.165) is 17.0 Å². The first-order chi connectivity index (χ1) is 9.61. The molecule has 2 heterocycles. The van der Waals surface area contributed by atoms with E-state index >= 15 is 0 Å². The van der Waals surface area contributed by atoms with Gasteiger partial charge in [0.25, 0.3) is 5.56 Å². The molecule has 0 saturated carbocycles. The van der Waals surface area contributed by atoms with Crippen LogP contribution in [0.25, 0.3) is 16.4 Å². The molecule has 1 aromatic carbocycles. The minimum atomic E-state index is -1.29. The van der Waals surface area contributed by atoms with Gasteiger partial charge in [-0.25, -0.2) is 9.78 Å². The van der Waals surface area contributed by atoms with E-state index in [1.54, 1.807) is 19.2 Å². The van der Waals surface area contributed by atoms with E-state index in [9.17, 15) is 9.59 Å². The predicted molar refractivity (Wildman–Crippen MR) is 72.5 cm³/mol. The lowest BCUT2D eigenvalue weighted by atomic mass is 10.1. The van der Waals surface area contributed by atoms with Gasteiger partial charge in [-0.2, -0.15) is 0 Å². The fourth-order valence-electron chi connectivity index (χ4n) is 2.11. The first-order valence-corrected chi connectivity index (χ1v) is 5.83. The van der Waals surface area contributed by atoms with Gasteiger partial charge in [-0.15, -0.1) is 0 Å². The van der Waals surface area contributed by atoms with E-state index in [0.29, 0.717) is 11.4 Å². The summed E-state index contributed by atoms with van der Waals surface area (Å²) >= 11 is 0. The number of fused-ring (bicyclic) bond motifs is 3. The lowest BCUT2D eigenvalue weighted by Gasteiger charge is -2.07. The zero-order valence-corrected chi connectivity index (χ0v) is 10.5. The van der Waals surface area contributed by atoms with Crippen molar-refractivity contribution in [2.75, 3.05) is 7.11 Å². The third-order valence-electron chi connectivity index (χ3n) is 3.13. The summed E-state index contributed by atoms with van der Waals surface area (Å²) in [5.74, 6) is -0.648. The number of hydrogen-bond donors (Lipinski definition) is 1. The summed E-state index contributed by atoms with van der Waals surface area (Å²) in [4.78, 5) is 27.1. The Balaban J connectivity index is 2.46. The number of aromatic nitrogens is 2. The van der Waals surface area contributed by atoms with Gasteiger partial charge < -0.3 is 9.84 Å². The molecule has 0 aliphatic carbocycles. The van der Waals surface area contributed by atoms with Crippen LogP contribution in [0, 0.1) is 0 Å². The van der Waals surface area contributed by atoms with E-state index < -0.39 is 11.5 Å². The second-order valence-corrected chi connectivity index (χ2v) is 4.24. The Morgan fingerprint density at radius 3 is 2.85 bits per heavy atom. The minimum absolute atomic E-state index is 0.357. The van der Waals surface area contributed by atoms with Crippen molar-refractivity contribution in [3.63, 3.8) is 0 Å². The van der Waals surface area contributed by atoms with Gasteiger partial charge in [0, 0.05) is 17.8 Å². The number of hydrogen-bond acceptors (Lipinski definition) is 4. The van der Waals surface area contributed by atoms with E-state index in [-0.39, 0.29) is 5.56 Å². The van der Waals surface area contributed by atoms with Crippen molar-refractivity contribution in [2.24, 2.45) is 0 Å². The molecule has 0 saturated heterocycles. The summed E-state index contributed by atoms with van der Waals surface area (Å²) in [7, 11) is 1.55. The van der Waals surface area contributed by atoms with Gasteiger partial charge in [0.1, 0.15) is 17.0 Å². The van der Waals surface area contributed by atoms with Crippen LogP contribution in [0.2, 0.25) is 0 Å². The Labute approximate surface area is 112 Å². The molecule has 0 fully saturated rings. The van der Waals surface area contributed by atoms with Crippen LogP contribution in [0.15, 0.2) is 41.5 Å². The van der Waals surface area contributed by atoms with Crippen molar-refractivity contribution < 1.29 is 14.6 Å². The first kappa shape index (κ1) is 12.2. The normalized spacial score (nSPS) is 10.8. The van der Waals surface area contributed by atoms with Gasteiger partial charge >= 0.3 is 5.97 Å². The molecule has 1 N–H and O–H groups in total. The maximum Gasteiger partial charge on any atom is 0.342 e. The molecular weight excluding hydrogens is 260 g/mol. The molecule has 6 nitrogen and oxygen atoms in total. The number of ether oxygens (including phenoxy) is 1. The van der Waals surface area contributed by atoms with Crippen LogP contribution < -0.4 is 10.3 Å². The summed E-state index contributed by atoms with van der Waals surface area (Å²) in [6, 6.07) is 7.15. The standard InChI is InChI=1S/C14H10N2O4/c1-20-9-3-2-8-4-5-16-12(10(8)6-9)15-7-11(13(16)17)14(18)19/h2-7H,1H3,(H,18,19). The molecule has 0 unspecified atom stereocenters. The van der Waals surface area contributed by atoms with Crippen molar-refractivity contribution >= 4 is 22.4 Å². The average molecular weight is 270 g/mol. The molecule has 0 bridgehead atoms. The van der Waals surface area contributed by atoms with Crippen LogP contribution in [0.4, 0.5) is 0 Å². The van der Waals surface area contributed by atoms with E-state index in [1.807, 2.05) is 12.1 Å². The fourth-order valence-corrected chi connectivity index (χ4v) is 2.11. The molecular formula is C14H10N2O4. The van der Waals surface area contributed by atoms with Crippen molar-refractivity contribution in [1.29, 1.82) is 0 Å². The Kier molecular flexibility index (Phi) is 2.64. The van der Waals surface area contributed by atoms with Crippen LogP contribution >= 0.6 is 0 Å². The van der Waals surface area contributed by atoms with Crippen LogP contribution in [0.5, 0.6) is 5.75 Å². The van der Waals surface area contributed by atoms with Gasteiger partial charge in [-0.3, -0.25) is 9.20 Å². The molecule has 100 valence electrons. The summed E-state index contributed by atoms with van der Waals surface area (Å²) in [5.41, 5.74) is -0.562. The molecule has 6 heteroatoms. The highest BCUT2D eigenvalue weighted by molar-refractivity contribution is 5.95. The zero-order valence-electron chi connectivity index (χ0n) is 10.5. The molecule has 2 aromatic heterocycles. The van der Waals surface area contributed by atoms with Crippen molar-refractivity contribution in [1.82, 2.24) is 9.38 Å². The summed E-state index contributed by atoms with van der Waals surface area (Å²) < 4.78 is 6.38. The van der Waals surface area contributed by atoms with E-state index in [4.69, 9.17) is 9.84 Å². The zero-order chi connectivity index (χ0) is 14.3. The van der Waals surface area contributed by atoms with Crippen LogP contribution in [-0.2, 0) is 0 Å². The van der Waals surface area contributed by atoms with Crippen LogP contribution in [0.1, 0.15) is 10.4 Å². The molecule has 0 aliphatic rings. The van der Waals surface area contributed by atoms with Crippen molar-refractivity contribution in [2.45, 2.75) is 0 Å². The van der Waals surface area contributed by atoms with E-state index in [1.165, 1.54) is 10.6 Å². The number of nitrogens with zero attached hydrogens (tertiary/aromatic N) is 2. The quantitative estimate of drug-likeness (QED) is 0.714. The van der Waals surface area contributed by atoms with E-state index in [2.05, 4.69) is 4.98 Å². The third-order valence-corrected chi connectivity index (χ3v) is 3.13. The van der Waals surface area contributed by atoms with Gasteiger partial charge in [0.2, 0.25) is 0 Å². The molecule has 0 atom stereocenters. The lowest BCUT2D eigenvalue weighted by molar-refractivity contribution is 0.0694. The number of methoxy groups -OCH3 is 1. The Morgan fingerprint density at radius 2 is 2.15 bits per heavy atom. The number of carboxylic acids is 1. The van der Waals surface area contributed by atoms with Gasteiger partial charge in [0.05, 0.1) is 7.11 Å². The monoisotopic (exact) mass is 270 g/mol. The maximum absolute atomic E-state index is 12.1. The smallest absolute Gasteiger partial charge is 0.342 e. The van der Waals surface area contributed by atoms with Crippen LogP contribution in [0.3, 0.4) is 0 Å². The molecule has 3 aromatic rings. The number of pyridine rings is 1. The lowest BCUT2D eigenvalue weighted by Crippen LogP contribution is -2.22. The molecule has 0 aliphatic heterocycles. The largest absolute Gasteiger partial charge is 0.497 e. The fraction of sp³-hybridized carbons (Fsp3) is 0.0714. The predicted octanol–water partition coefficient (Wildman–Crippen LogP) is 1.55. The van der Waals surface area contributed by atoms with Crippen molar-refractivity contribution in [3.05, 3.63) is 52.6 Å². The second kappa shape index (κ2) is 4.34.